The Morgan fingerprint density at radius 1 is 1.32 bits per heavy atom. The molecule has 0 saturated heterocycles. The highest BCUT2D eigenvalue weighted by Crippen LogP contribution is 2.20. The van der Waals surface area contributed by atoms with Crippen LogP contribution in [0.2, 0.25) is 0 Å². The second kappa shape index (κ2) is 8.91. The van der Waals surface area contributed by atoms with Crippen molar-refractivity contribution in [2.45, 2.75) is 32.2 Å². The summed E-state index contributed by atoms with van der Waals surface area (Å²) in [5.41, 5.74) is 2.47. The van der Waals surface area contributed by atoms with Gasteiger partial charge in [0.25, 0.3) is 0 Å². The summed E-state index contributed by atoms with van der Waals surface area (Å²) in [7, 11) is 1.69. The Balaban J connectivity index is 2.49. The molecule has 0 radical (unpaired) electrons. The highest BCUT2D eigenvalue weighted by atomic mass is 16.5. The van der Waals surface area contributed by atoms with Crippen molar-refractivity contribution in [3.8, 4) is 5.75 Å². The van der Waals surface area contributed by atoms with Crippen LogP contribution in [0.4, 0.5) is 0 Å². The van der Waals surface area contributed by atoms with Crippen LogP contribution in [0.5, 0.6) is 5.75 Å². The average Bonchev–Trinajstić information content (AvgIpc) is 2.46. The number of hydrogen-bond donors (Lipinski definition) is 3. The summed E-state index contributed by atoms with van der Waals surface area (Å²) in [5, 5.41) is 21.2. The third kappa shape index (κ3) is 5.19. The lowest BCUT2D eigenvalue weighted by molar-refractivity contribution is 0.201. The zero-order valence-electron chi connectivity index (χ0n) is 11.9. The molecule has 4 heteroatoms. The lowest BCUT2D eigenvalue weighted by atomic mass is 10.0. The molecule has 1 unspecified atom stereocenters. The van der Waals surface area contributed by atoms with Gasteiger partial charge in [-0.1, -0.05) is 19.1 Å². The van der Waals surface area contributed by atoms with Gasteiger partial charge < -0.3 is 20.3 Å². The summed E-state index contributed by atoms with van der Waals surface area (Å²) in [4.78, 5) is 0. The number of nitrogens with one attached hydrogen (secondary N) is 1. The van der Waals surface area contributed by atoms with Crippen LogP contribution in [-0.2, 0) is 12.8 Å². The van der Waals surface area contributed by atoms with Crippen molar-refractivity contribution in [2.24, 2.45) is 0 Å². The molecule has 0 fully saturated rings. The molecule has 108 valence electrons. The van der Waals surface area contributed by atoms with Crippen LogP contribution in [0.25, 0.3) is 0 Å². The SMILES string of the molecule is CCc1cc(CCNC(CO)CCO)ccc1OC. The molecule has 1 atom stereocenters. The predicted octanol–water partition coefficient (Wildman–Crippen LogP) is 1.13. The van der Waals surface area contributed by atoms with E-state index in [0.717, 1.165) is 25.1 Å². The number of aryl methyl sites for hydroxylation is 1. The number of benzene rings is 1. The molecular weight excluding hydrogens is 242 g/mol. The van der Waals surface area contributed by atoms with E-state index in [0.29, 0.717) is 6.42 Å². The molecule has 1 aromatic rings. The van der Waals surface area contributed by atoms with Gasteiger partial charge in [-0.15, -0.1) is 0 Å². The number of ether oxygens (including phenoxy) is 1. The maximum Gasteiger partial charge on any atom is 0.122 e. The normalized spacial score (nSPS) is 12.4. The fourth-order valence-electron chi connectivity index (χ4n) is 2.10. The highest BCUT2D eigenvalue weighted by Gasteiger charge is 2.06. The first-order valence-electron chi connectivity index (χ1n) is 6.86. The van der Waals surface area contributed by atoms with Crippen LogP contribution in [0.1, 0.15) is 24.5 Å². The number of aliphatic hydroxyl groups excluding tert-OH is 2. The third-order valence-electron chi connectivity index (χ3n) is 3.27. The second-order valence-corrected chi connectivity index (χ2v) is 4.60. The first-order valence-corrected chi connectivity index (χ1v) is 6.86. The topological polar surface area (TPSA) is 61.7 Å². The number of methoxy groups -OCH3 is 1. The third-order valence-corrected chi connectivity index (χ3v) is 3.27. The van der Waals surface area contributed by atoms with E-state index in [1.54, 1.807) is 7.11 Å². The summed E-state index contributed by atoms with van der Waals surface area (Å²) in [6.07, 6.45) is 2.44. The quantitative estimate of drug-likeness (QED) is 0.628. The maximum atomic E-state index is 9.11. The number of hydrogen-bond acceptors (Lipinski definition) is 4. The standard InChI is InChI=1S/C15H25NO3/c1-3-13-10-12(4-5-15(13)19-2)6-8-16-14(11-18)7-9-17/h4-5,10,14,16-18H,3,6-9,11H2,1-2H3. The monoisotopic (exact) mass is 267 g/mol. The highest BCUT2D eigenvalue weighted by molar-refractivity contribution is 5.37. The lowest BCUT2D eigenvalue weighted by Gasteiger charge is -2.15. The largest absolute Gasteiger partial charge is 0.496 e. The fraction of sp³-hybridized carbons (Fsp3) is 0.600. The van der Waals surface area contributed by atoms with E-state index in [2.05, 4.69) is 24.4 Å². The van der Waals surface area contributed by atoms with Crippen molar-refractivity contribution in [3.05, 3.63) is 29.3 Å². The van der Waals surface area contributed by atoms with E-state index in [1.807, 2.05) is 6.07 Å². The molecular formula is C15H25NO3. The van der Waals surface area contributed by atoms with Gasteiger partial charge in [0.1, 0.15) is 5.75 Å². The van der Waals surface area contributed by atoms with Crippen molar-refractivity contribution in [1.29, 1.82) is 0 Å². The van der Waals surface area contributed by atoms with E-state index in [1.165, 1.54) is 11.1 Å². The van der Waals surface area contributed by atoms with Crippen molar-refractivity contribution in [1.82, 2.24) is 5.32 Å². The molecule has 4 nitrogen and oxygen atoms in total. The minimum Gasteiger partial charge on any atom is -0.496 e. The zero-order chi connectivity index (χ0) is 14.1. The van der Waals surface area contributed by atoms with Crippen LogP contribution in [0.3, 0.4) is 0 Å². The summed E-state index contributed by atoms with van der Waals surface area (Å²) in [6, 6.07) is 6.22. The molecule has 1 aromatic carbocycles. The Labute approximate surface area is 115 Å². The predicted molar refractivity (Wildman–Crippen MR) is 76.7 cm³/mol. The van der Waals surface area contributed by atoms with Crippen LogP contribution in [0.15, 0.2) is 18.2 Å². The second-order valence-electron chi connectivity index (χ2n) is 4.60. The smallest absolute Gasteiger partial charge is 0.122 e. The summed E-state index contributed by atoms with van der Waals surface area (Å²) in [6.45, 7) is 3.06. The van der Waals surface area contributed by atoms with Gasteiger partial charge in [0.15, 0.2) is 0 Å². The van der Waals surface area contributed by atoms with Crippen LogP contribution >= 0.6 is 0 Å². The van der Waals surface area contributed by atoms with Crippen molar-refractivity contribution in [2.75, 3.05) is 26.9 Å². The van der Waals surface area contributed by atoms with E-state index >= 15 is 0 Å². The Bertz CT molecular complexity index is 368. The van der Waals surface area contributed by atoms with Gasteiger partial charge in [-0.3, -0.25) is 0 Å². The Morgan fingerprint density at radius 3 is 2.68 bits per heavy atom. The molecule has 0 aliphatic rings. The molecule has 0 bridgehead atoms. The van der Waals surface area contributed by atoms with Gasteiger partial charge in [-0.05, 0) is 43.0 Å². The molecule has 19 heavy (non-hydrogen) atoms. The molecule has 0 aliphatic heterocycles. The van der Waals surface area contributed by atoms with E-state index in [-0.39, 0.29) is 19.3 Å². The fourth-order valence-corrected chi connectivity index (χ4v) is 2.10. The van der Waals surface area contributed by atoms with Gasteiger partial charge in [-0.25, -0.2) is 0 Å². The molecule has 0 spiro atoms. The van der Waals surface area contributed by atoms with Gasteiger partial charge in [0.2, 0.25) is 0 Å². The molecule has 0 heterocycles. The maximum absolute atomic E-state index is 9.11. The Morgan fingerprint density at radius 2 is 2.11 bits per heavy atom. The number of rotatable bonds is 9. The average molecular weight is 267 g/mol. The van der Waals surface area contributed by atoms with E-state index in [9.17, 15) is 0 Å². The molecule has 0 amide bonds. The first kappa shape index (κ1) is 16.0. The molecule has 3 N–H and O–H groups in total. The van der Waals surface area contributed by atoms with E-state index in [4.69, 9.17) is 14.9 Å². The van der Waals surface area contributed by atoms with Crippen molar-refractivity contribution in [3.63, 3.8) is 0 Å². The Kier molecular flexibility index (Phi) is 7.48. The Hall–Kier alpha value is -1.10. The van der Waals surface area contributed by atoms with Crippen molar-refractivity contribution < 1.29 is 14.9 Å². The van der Waals surface area contributed by atoms with Crippen LogP contribution in [0, 0.1) is 0 Å². The minimum atomic E-state index is -0.0195. The van der Waals surface area contributed by atoms with Gasteiger partial charge >= 0.3 is 0 Å². The summed E-state index contributed by atoms with van der Waals surface area (Å²) >= 11 is 0. The summed E-state index contributed by atoms with van der Waals surface area (Å²) < 4.78 is 5.31. The summed E-state index contributed by atoms with van der Waals surface area (Å²) in [5.74, 6) is 0.938. The van der Waals surface area contributed by atoms with E-state index < -0.39 is 0 Å². The van der Waals surface area contributed by atoms with Crippen LogP contribution in [-0.4, -0.2) is 43.1 Å². The lowest BCUT2D eigenvalue weighted by Crippen LogP contribution is -2.34. The molecule has 0 saturated carbocycles. The first-order chi connectivity index (χ1) is 9.24. The molecule has 1 rings (SSSR count). The van der Waals surface area contributed by atoms with Crippen molar-refractivity contribution >= 4 is 0 Å². The van der Waals surface area contributed by atoms with Crippen LogP contribution < -0.4 is 10.1 Å². The molecule has 0 aliphatic carbocycles. The molecule has 0 aromatic heterocycles. The minimum absolute atomic E-state index is 0.0195. The van der Waals surface area contributed by atoms with Gasteiger partial charge in [0, 0.05) is 12.6 Å². The zero-order valence-corrected chi connectivity index (χ0v) is 11.9. The van der Waals surface area contributed by atoms with Gasteiger partial charge in [0.05, 0.1) is 13.7 Å². The van der Waals surface area contributed by atoms with Gasteiger partial charge in [-0.2, -0.15) is 0 Å². The number of aliphatic hydroxyl groups is 2.